The molecule has 7 nitrogen and oxygen atoms in total. The smallest absolute Gasteiger partial charge is 0.274 e. The van der Waals surface area contributed by atoms with Crippen molar-refractivity contribution in [2.75, 3.05) is 19.6 Å². The lowest BCUT2D eigenvalue weighted by Gasteiger charge is -2.25. The average molecular weight is 371 g/mol. The molecule has 8 heteroatoms. The predicted molar refractivity (Wildman–Crippen MR) is 95.2 cm³/mol. The molecule has 1 aliphatic rings. The molecule has 0 aliphatic carbocycles. The zero-order valence-corrected chi connectivity index (χ0v) is 14.4. The molecular formula is C18H15ClN4O3. The van der Waals surface area contributed by atoms with Gasteiger partial charge in [-0.2, -0.15) is 5.10 Å². The zero-order chi connectivity index (χ0) is 18.1. The van der Waals surface area contributed by atoms with Crippen molar-refractivity contribution in [3.8, 4) is 17.1 Å². The van der Waals surface area contributed by atoms with E-state index >= 15 is 0 Å². The van der Waals surface area contributed by atoms with Crippen LogP contribution in [-0.4, -0.2) is 46.1 Å². The van der Waals surface area contributed by atoms with Crippen molar-refractivity contribution in [3.05, 3.63) is 59.4 Å². The van der Waals surface area contributed by atoms with Crippen molar-refractivity contribution in [2.24, 2.45) is 0 Å². The number of rotatable bonds is 3. The van der Waals surface area contributed by atoms with E-state index in [1.165, 1.54) is 4.90 Å². The molecule has 1 fully saturated rings. The molecule has 0 unspecified atom stereocenters. The van der Waals surface area contributed by atoms with E-state index in [1.807, 2.05) is 12.1 Å². The molecule has 1 N–H and O–H groups in total. The zero-order valence-electron chi connectivity index (χ0n) is 13.7. The lowest BCUT2D eigenvalue weighted by Crippen LogP contribution is -2.50. The van der Waals surface area contributed by atoms with E-state index in [0.29, 0.717) is 35.3 Å². The van der Waals surface area contributed by atoms with Gasteiger partial charge in [0.05, 0.1) is 18.5 Å². The van der Waals surface area contributed by atoms with Crippen molar-refractivity contribution in [3.63, 3.8) is 0 Å². The lowest BCUT2D eigenvalue weighted by molar-refractivity contribution is -0.123. The summed E-state index contributed by atoms with van der Waals surface area (Å²) in [5.41, 5.74) is 1.58. The Bertz CT molecular complexity index is 965. The highest BCUT2D eigenvalue weighted by molar-refractivity contribution is 6.30. The summed E-state index contributed by atoms with van der Waals surface area (Å²) in [6.07, 6.45) is 1.56. The van der Waals surface area contributed by atoms with Crippen LogP contribution in [0.1, 0.15) is 10.5 Å². The third-order valence-corrected chi connectivity index (χ3v) is 4.32. The summed E-state index contributed by atoms with van der Waals surface area (Å²) in [5.74, 6) is 0.103. The Balaban J connectivity index is 1.76. The highest BCUT2D eigenvalue weighted by Gasteiger charge is 2.26. The SMILES string of the molecule is O=C1CN(C(=O)c2cc(-c3ccco3)n(-c3cccc(Cl)c3)n2)CCN1. The van der Waals surface area contributed by atoms with Crippen LogP contribution in [0, 0.1) is 0 Å². The first-order valence-electron chi connectivity index (χ1n) is 8.08. The normalized spacial score (nSPS) is 14.3. The third kappa shape index (κ3) is 3.09. The minimum atomic E-state index is -0.298. The standard InChI is InChI=1S/C18H15ClN4O3/c19-12-3-1-4-13(9-12)23-15(16-5-2-8-26-16)10-14(21-23)18(25)22-7-6-20-17(24)11-22/h1-5,8-10H,6-7,11H2,(H,20,24). The van der Waals surface area contributed by atoms with Crippen LogP contribution < -0.4 is 5.32 Å². The van der Waals surface area contributed by atoms with Gasteiger partial charge in [0.25, 0.3) is 5.91 Å². The van der Waals surface area contributed by atoms with E-state index in [-0.39, 0.29) is 24.1 Å². The number of benzene rings is 1. The molecule has 3 aromatic rings. The second-order valence-electron chi connectivity index (χ2n) is 5.86. The number of carbonyl (C=O) groups excluding carboxylic acids is 2. The van der Waals surface area contributed by atoms with Crippen LogP contribution in [0.2, 0.25) is 5.02 Å². The van der Waals surface area contributed by atoms with E-state index in [4.69, 9.17) is 16.0 Å². The lowest BCUT2D eigenvalue weighted by atomic mass is 10.2. The average Bonchev–Trinajstić information content (AvgIpc) is 3.30. The minimum Gasteiger partial charge on any atom is -0.463 e. The van der Waals surface area contributed by atoms with Gasteiger partial charge in [-0.25, -0.2) is 4.68 Å². The number of aromatic nitrogens is 2. The Morgan fingerprint density at radius 2 is 2.12 bits per heavy atom. The fourth-order valence-electron chi connectivity index (χ4n) is 2.86. The first-order valence-corrected chi connectivity index (χ1v) is 8.45. The molecule has 4 rings (SSSR count). The molecule has 0 radical (unpaired) electrons. The molecule has 0 saturated carbocycles. The highest BCUT2D eigenvalue weighted by atomic mass is 35.5. The summed E-state index contributed by atoms with van der Waals surface area (Å²) < 4.78 is 7.10. The number of halogens is 1. The molecule has 0 atom stereocenters. The molecular weight excluding hydrogens is 356 g/mol. The van der Waals surface area contributed by atoms with Crippen molar-refractivity contribution < 1.29 is 14.0 Å². The summed E-state index contributed by atoms with van der Waals surface area (Å²) in [6.45, 7) is 0.911. The monoisotopic (exact) mass is 370 g/mol. The molecule has 2 amide bonds. The maximum Gasteiger partial charge on any atom is 0.274 e. The van der Waals surface area contributed by atoms with Gasteiger partial charge in [-0.3, -0.25) is 9.59 Å². The van der Waals surface area contributed by atoms with Crippen LogP contribution in [0.5, 0.6) is 0 Å². The molecule has 0 bridgehead atoms. The van der Waals surface area contributed by atoms with Gasteiger partial charge >= 0.3 is 0 Å². The maximum atomic E-state index is 12.8. The molecule has 26 heavy (non-hydrogen) atoms. The van der Waals surface area contributed by atoms with Crippen LogP contribution >= 0.6 is 11.6 Å². The fourth-order valence-corrected chi connectivity index (χ4v) is 3.05. The summed E-state index contributed by atoms with van der Waals surface area (Å²) >= 11 is 6.09. The van der Waals surface area contributed by atoms with Crippen LogP contribution in [0.15, 0.2) is 53.1 Å². The first kappa shape index (κ1) is 16.4. The van der Waals surface area contributed by atoms with Crippen LogP contribution in [0.4, 0.5) is 0 Å². The highest BCUT2D eigenvalue weighted by Crippen LogP contribution is 2.26. The molecule has 1 saturated heterocycles. The number of hydrogen-bond donors (Lipinski definition) is 1. The van der Waals surface area contributed by atoms with Gasteiger partial charge < -0.3 is 14.6 Å². The van der Waals surface area contributed by atoms with Gasteiger partial charge in [0.1, 0.15) is 5.69 Å². The van der Waals surface area contributed by atoms with E-state index < -0.39 is 0 Å². The van der Waals surface area contributed by atoms with Gasteiger partial charge in [-0.1, -0.05) is 17.7 Å². The Morgan fingerprint density at radius 3 is 2.85 bits per heavy atom. The van der Waals surface area contributed by atoms with Gasteiger partial charge in [0.15, 0.2) is 11.5 Å². The Hall–Kier alpha value is -3.06. The molecule has 1 aromatic carbocycles. The summed E-state index contributed by atoms with van der Waals surface area (Å²) in [4.78, 5) is 25.8. The predicted octanol–water partition coefficient (Wildman–Crippen LogP) is 2.36. The van der Waals surface area contributed by atoms with Gasteiger partial charge in [0.2, 0.25) is 5.91 Å². The first-order chi connectivity index (χ1) is 12.6. The maximum absolute atomic E-state index is 12.8. The number of nitrogens with zero attached hydrogens (tertiary/aromatic N) is 3. The van der Waals surface area contributed by atoms with E-state index in [9.17, 15) is 9.59 Å². The Kier molecular flexibility index (Phi) is 4.22. The number of nitrogens with one attached hydrogen (secondary N) is 1. The van der Waals surface area contributed by atoms with E-state index in [0.717, 1.165) is 0 Å². The summed E-state index contributed by atoms with van der Waals surface area (Å²) in [6, 6.07) is 12.4. The third-order valence-electron chi connectivity index (χ3n) is 4.08. The van der Waals surface area contributed by atoms with E-state index in [2.05, 4.69) is 10.4 Å². The molecule has 1 aliphatic heterocycles. The molecule has 132 valence electrons. The summed E-state index contributed by atoms with van der Waals surface area (Å²) in [7, 11) is 0. The van der Waals surface area contributed by atoms with Crippen LogP contribution in [0.25, 0.3) is 17.1 Å². The number of piperazine rings is 1. The fraction of sp³-hybridized carbons (Fsp3) is 0.167. The molecule has 3 heterocycles. The van der Waals surface area contributed by atoms with Crippen molar-refractivity contribution in [1.82, 2.24) is 20.0 Å². The minimum absolute atomic E-state index is 0.0267. The Labute approximate surface area is 154 Å². The number of furan rings is 1. The Morgan fingerprint density at radius 1 is 1.23 bits per heavy atom. The molecule has 2 aromatic heterocycles. The molecule has 0 spiro atoms. The van der Waals surface area contributed by atoms with E-state index in [1.54, 1.807) is 41.3 Å². The largest absolute Gasteiger partial charge is 0.463 e. The van der Waals surface area contributed by atoms with Crippen LogP contribution in [0.3, 0.4) is 0 Å². The van der Waals surface area contributed by atoms with Gasteiger partial charge in [0, 0.05) is 24.2 Å². The number of carbonyl (C=O) groups is 2. The van der Waals surface area contributed by atoms with Crippen LogP contribution in [-0.2, 0) is 4.79 Å². The second-order valence-corrected chi connectivity index (χ2v) is 6.30. The van der Waals surface area contributed by atoms with Crippen molar-refractivity contribution in [1.29, 1.82) is 0 Å². The van der Waals surface area contributed by atoms with Gasteiger partial charge in [-0.05, 0) is 30.3 Å². The quantitative estimate of drug-likeness (QED) is 0.767. The van der Waals surface area contributed by atoms with Crippen molar-refractivity contribution in [2.45, 2.75) is 0 Å². The van der Waals surface area contributed by atoms with Crippen molar-refractivity contribution >= 4 is 23.4 Å². The van der Waals surface area contributed by atoms with Gasteiger partial charge in [-0.15, -0.1) is 0 Å². The second kappa shape index (κ2) is 6.68. The topological polar surface area (TPSA) is 80.4 Å². The number of hydrogen-bond acceptors (Lipinski definition) is 4. The number of amides is 2. The summed E-state index contributed by atoms with van der Waals surface area (Å²) in [5, 5.41) is 7.71.